The fourth-order valence-electron chi connectivity index (χ4n) is 4.26. The normalized spacial score (nSPS) is 26.5. The molecule has 0 radical (unpaired) electrons. The summed E-state index contributed by atoms with van der Waals surface area (Å²) in [7, 11) is 0. The van der Waals surface area contributed by atoms with Gasteiger partial charge in [0.2, 0.25) is 11.8 Å². The Labute approximate surface area is 139 Å². The zero-order chi connectivity index (χ0) is 16.1. The molecule has 3 rings (SSSR count). The Hall–Kier alpha value is -1.10. The zero-order valence-electron chi connectivity index (χ0n) is 14.3. The van der Waals surface area contributed by atoms with Crippen molar-refractivity contribution in [3.63, 3.8) is 0 Å². The van der Waals surface area contributed by atoms with Gasteiger partial charge in [-0.2, -0.15) is 0 Å². The second-order valence-corrected chi connectivity index (χ2v) is 7.44. The van der Waals surface area contributed by atoms with Gasteiger partial charge in [0.1, 0.15) is 0 Å². The average Bonchev–Trinajstić information content (AvgIpc) is 3.15. The third-order valence-electron chi connectivity index (χ3n) is 5.84. The van der Waals surface area contributed by atoms with Crippen LogP contribution in [-0.2, 0) is 9.59 Å². The van der Waals surface area contributed by atoms with Crippen LogP contribution in [0.3, 0.4) is 0 Å². The Morgan fingerprint density at radius 3 is 2.26 bits per heavy atom. The lowest BCUT2D eigenvalue weighted by molar-refractivity contribution is -0.141. The third kappa shape index (κ3) is 4.46. The summed E-state index contributed by atoms with van der Waals surface area (Å²) >= 11 is 0. The highest BCUT2D eigenvalue weighted by atomic mass is 16.2. The van der Waals surface area contributed by atoms with Gasteiger partial charge in [-0.15, -0.1) is 0 Å². The Balaban J connectivity index is 1.37. The van der Waals surface area contributed by atoms with Gasteiger partial charge in [-0.1, -0.05) is 32.1 Å². The van der Waals surface area contributed by atoms with E-state index in [1.165, 1.54) is 32.1 Å². The van der Waals surface area contributed by atoms with Crippen molar-refractivity contribution in [1.29, 1.82) is 0 Å². The van der Waals surface area contributed by atoms with Crippen LogP contribution in [0.2, 0.25) is 0 Å². The van der Waals surface area contributed by atoms with Gasteiger partial charge in [0.25, 0.3) is 0 Å². The standard InChI is InChI=1S/C18H31N3O2/c22-17(7-6-15-4-2-1-3-5-15)20-10-12-21(13-11-20)18(23)16-8-9-19-14-16/h15-16,19H,1-14H2. The van der Waals surface area contributed by atoms with Crippen molar-refractivity contribution in [3.8, 4) is 0 Å². The fourth-order valence-corrected chi connectivity index (χ4v) is 4.26. The molecule has 0 aromatic heterocycles. The molecule has 1 unspecified atom stereocenters. The summed E-state index contributed by atoms with van der Waals surface area (Å²) in [5.41, 5.74) is 0. The maximum atomic E-state index is 12.4. The Kier molecular flexibility index (Phi) is 5.92. The number of hydrogen-bond acceptors (Lipinski definition) is 3. The van der Waals surface area contributed by atoms with Crippen molar-refractivity contribution in [2.75, 3.05) is 39.3 Å². The SMILES string of the molecule is O=C(CCC1CCCCC1)N1CCN(C(=O)C2CCNC2)CC1. The van der Waals surface area contributed by atoms with Crippen LogP contribution in [0.25, 0.3) is 0 Å². The number of hydrogen-bond donors (Lipinski definition) is 1. The van der Waals surface area contributed by atoms with Crippen LogP contribution in [0.15, 0.2) is 0 Å². The van der Waals surface area contributed by atoms with Gasteiger partial charge in [-0.3, -0.25) is 9.59 Å². The molecule has 2 aliphatic heterocycles. The average molecular weight is 321 g/mol. The lowest BCUT2D eigenvalue weighted by Gasteiger charge is -2.36. The minimum atomic E-state index is 0.156. The molecule has 3 fully saturated rings. The maximum Gasteiger partial charge on any atom is 0.227 e. The zero-order valence-corrected chi connectivity index (χ0v) is 14.3. The van der Waals surface area contributed by atoms with Crippen molar-refractivity contribution in [3.05, 3.63) is 0 Å². The van der Waals surface area contributed by atoms with Crippen LogP contribution >= 0.6 is 0 Å². The van der Waals surface area contributed by atoms with Crippen LogP contribution < -0.4 is 5.32 Å². The van der Waals surface area contributed by atoms with Gasteiger partial charge in [0, 0.05) is 39.1 Å². The quantitative estimate of drug-likeness (QED) is 0.856. The Morgan fingerprint density at radius 2 is 1.61 bits per heavy atom. The molecule has 0 spiro atoms. The molecule has 2 heterocycles. The van der Waals surface area contributed by atoms with Crippen molar-refractivity contribution < 1.29 is 9.59 Å². The number of nitrogens with zero attached hydrogens (tertiary/aromatic N) is 2. The summed E-state index contributed by atoms with van der Waals surface area (Å²) in [4.78, 5) is 28.7. The van der Waals surface area contributed by atoms with E-state index in [0.717, 1.165) is 44.9 Å². The van der Waals surface area contributed by atoms with Crippen molar-refractivity contribution in [1.82, 2.24) is 15.1 Å². The first-order valence-electron chi connectivity index (χ1n) is 9.51. The Bertz CT molecular complexity index is 406. The molecule has 1 aliphatic carbocycles. The first-order valence-corrected chi connectivity index (χ1v) is 9.51. The van der Waals surface area contributed by atoms with Gasteiger partial charge in [0.05, 0.1) is 5.92 Å². The molecule has 130 valence electrons. The van der Waals surface area contributed by atoms with E-state index < -0.39 is 0 Å². The molecule has 5 nitrogen and oxygen atoms in total. The second kappa shape index (κ2) is 8.13. The summed E-state index contributed by atoms with van der Waals surface area (Å²) < 4.78 is 0. The number of amides is 2. The molecule has 0 bridgehead atoms. The lowest BCUT2D eigenvalue weighted by Crippen LogP contribution is -2.52. The molecule has 1 atom stereocenters. The summed E-state index contributed by atoms with van der Waals surface area (Å²) in [5, 5.41) is 3.26. The first-order chi connectivity index (χ1) is 11.2. The molecular formula is C18H31N3O2. The van der Waals surface area contributed by atoms with Crippen molar-refractivity contribution in [2.45, 2.75) is 51.4 Å². The summed E-state index contributed by atoms with van der Waals surface area (Å²) in [6, 6.07) is 0. The molecule has 3 aliphatic rings. The fraction of sp³-hybridized carbons (Fsp3) is 0.889. The Morgan fingerprint density at radius 1 is 0.913 bits per heavy atom. The van der Waals surface area contributed by atoms with E-state index in [2.05, 4.69) is 5.32 Å². The number of rotatable bonds is 4. The van der Waals surface area contributed by atoms with Crippen LogP contribution in [0.1, 0.15) is 51.4 Å². The molecule has 5 heteroatoms. The highest BCUT2D eigenvalue weighted by molar-refractivity contribution is 5.80. The van der Waals surface area contributed by atoms with E-state index in [9.17, 15) is 9.59 Å². The van der Waals surface area contributed by atoms with E-state index >= 15 is 0 Å². The molecule has 1 N–H and O–H groups in total. The summed E-state index contributed by atoms with van der Waals surface area (Å²) in [5.74, 6) is 1.50. The van der Waals surface area contributed by atoms with Crippen LogP contribution in [-0.4, -0.2) is 60.9 Å². The molecule has 0 aromatic carbocycles. The molecule has 23 heavy (non-hydrogen) atoms. The van der Waals surface area contributed by atoms with E-state index in [0.29, 0.717) is 25.4 Å². The topological polar surface area (TPSA) is 52.7 Å². The minimum absolute atomic E-state index is 0.156. The first kappa shape index (κ1) is 16.7. The molecule has 0 aromatic rings. The maximum absolute atomic E-state index is 12.4. The van der Waals surface area contributed by atoms with Gasteiger partial charge in [0.15, 0.2) is 0 Å². The van der Waals surface area contributed by atoms with E-state index in [-0.39, 0.29) is 11.8 Å². The van der Waals surface area contributed by atoms with Gasteiger partial charge < -0.3 is 15.1 Å². The molecular weight excluding hydrogens is 290 g/mol. The van der Waals surface area contributed by atoms with Crippen LogP contribution in [0.4, 0.5) is 0 Å². The number of carbonyl (C=O) groups is 2. The van der Waals surface area contributed by atoms with Crippen molar-refractivity contribution >= 4 is 11.8 Å². The van der Waals surface area contributed by atoms with Gasteiger partial charge in [-0.05, 0) is 25.3 Å². The minimum Gasteiger partial charge on any atom is -0.339 e. The van der Waals surface area contributed by atoms with Gasteiger partial charge in [-0.25, -0.2) is 0 Å². The highest BCUT2D eigenvalue weighted by Gasteiger charge is 2.30. The second-order valence-electron chi connectivity index (χ2n) is 7.44. The molecule has 2 amide bonds. The summed E-state index contributed by atoms with van der Waals surface area (Å²) in [6.45, 7) is 4.63. The third-order valence-corrected chi connectivity index (χ3v) is 5.84. The molecule has 1 saturated carbocycles. The van der Waals surface area contributed by atoms with Crippen LogP contribution in [0.5, 0.6) is 0 Å². The molecule has 2 saturated heterocycles. The van der Waals surface area contributed by atoms with Crippen LogP contribution in [0, 0.1) is 11.8 Å². The summed E-state index contributed by atoms with van der Waals surface area (Å²) in [6.07, 6.45) is 9.40. The number of piperazine rings is 1. The highest BCUT2D eigenvalue weighted by Crippen LogP contribution is 2.27. The number of carbonyl (C=O) groups excluding carboxylic acids is 2. The predicted molar refractivity (Wildman–Crippen MR) is 89.9 cm³/mol. The van der Waals surface area contributed by atoms with E-state index in [1.807, 2.05) is 9.80 Å². The predicted octanol–water partition coefficient (Wildman–Crippen LogP) is 1.63. The monoisotopic (exact) mass is 321 g/mol. The van der Waals surface area contributed by atoms with E-state index in [4.69, 9.17) is 0 Å². The smallest absolute Gasteiger partial charge is 0.227 e. The van der Waals surface area contributed by atoms with Crippen molar-refractivity contribution in [2.24, 2.45) is 11.8 Å². The number of nitrogens with one attached hydrogen (secondary N) is 1. The van der Waals surface area contributed by atoms with Gasteiger partial charge >= 0.3 is 0 Å². The lowest BCUT2D eigenvalue weighted by atomic mass is 9.86. The van der Waals surface area contributed by atoms with E-state index in [1.54, 1.807) is 0 Å². The largest absolute Gasteiger partial charge is 0.339 e.